The summed E-state index contributed by atoms with van der Waals surface area (Å²) in [7, 11) is 1.20. The average Bonchev–Trinajstić information content (AvgIpc) is 2.77. The molecule has 28 heavy (non-hydrogen) atoms. The molecule has 0 radical (unpaired) electrons. The van der Waals surface area contributed by atoms with E-state index in [4.69, 9.17) is 4.74 Å². The van der Waals surface area contributed by atoms with Crippen LogP contribution in [0.25, 0.3) is 10.8 Å². The lowest BCUT2D eigenvalue weighted by Gasteiger charge is -2.12. The molecule has 0 spiro atoms. The lowest BCUT2D eigenvalue weighted by molar-refractivity contribution is -0.139. The fourth-order valence-corrected chi connectivity index (χ4v) is 5.64. The summed E-state index contributed by atoms with van der Waals surface area (Å²) in [5, 5.41) is 2.29. The van der Waals surface area contributed by atoms with Crippen molar-refractivity contribution < 1.29 is 9.53 Å². The van der Waals surface area contributed by atoms with Gasteiger partial charge in [0.05, 0.1) is 24.4 Å². The van der Waals surface area contributed by atoms with E-state index in [-0.39, 0.29) is 23.3 Å². The molecule has 4 aromatic rings. The standard InChI is InChI=1S/C25H21O2S/c1-27-25(26)18-19-16-17-24(23-15-9-8-14-22(19)23)28(20-10-4-2-5-11-20)21-12-6-3-7-13-21/h2-17H,18H2,1H3/q+1. The highest BCUT2D eigenvalue weighted by Gasteiger charge is 2.30. The van der Waals surface area contributed by atoms with Crippen LogP contribution in [0.3, 0.4) is 0 Å². The number of benzene rings is 4. The molecular weight excluding hydrogens is 364 g/mol. The van der Waals surface area contributed by atoms with E-state index in [1.807, 2.05) is 18.2 Å². The normalized spacial score (nSPS) is 10.9. The number of methoxy groups -OCH3 is 1. The second-order valence-corrected chi connectivity index (χ2v) is 8.45. The van der Waals surface area contributed by atoms with Gasteiger partial charge in [-0.1, -0.05) is 60.7 Å². The van der Waals surface area contributed by atoms with Gasteiger partial charge in [0.15, 0.2) is 14.7 Å². The van der Waals surface area contributed by atoms with Crippen molar-refractivity contribution >= 4 is 27.6 Å². The highest BCUT2D eigenvalue weighted by Crippen LogP contribution is 2.36. The van der Waals surface area contributed by atoms with Crippen molar-refractivity contribution in [3.05, 3.63) is 103 Å². The maximum Gasteiger partial charge on any atom is 0.309 e. The Morgan fingerprint density at radius 1 is 0.714 bits per heavy atom. The number of ether oxygens (including phenoxy) is 1. The Kier molecular flexibility index (Phi) is 5.45. The van der Waals surface area contributed by atoms with Crippen molar-refractivity contribution in [2.75, 3.05) is 7.11 Å². The number of esters is 1. The van der Waals surface area contributed by atoms with E-state index in [0.29, 0.717) is 0 Å². The maximum atomic E-state index is 11.9. The molecule has 0 amide bonds. The molecule has 0 heterocycles. The van der Waals surface area contributed by atoms with Crippen molar-refractivity contribution in [2.45, 2.75) is 21.1 Å². The first kappa shape index (κ1) is 18.3. The monoisotopic (exact) mass is 385 g/mol. The van der Waals surface area contributed by atoms with Crippen LogP contribution in [0.4, 0.5) is 0 Å². The maximum absolute atomic E-state index is 11.9. The van der Waals surface area contributed by atoms with Crippen LogP contribution in [0.2, 0.25) is 0 Å². The van der Waals surface area contributed by atoms with Gasteiger partial charge in [0, 0.05) is 5.39 Å². The molecule has 0 saturated carbocycles. The summed E-state index contributed by atoms with van der Waals surface area (Å²) in [5.74, 6) is -0.219. The smallest absolute Gasteiger partial charge is 0.309 e. The highest BCUT2D eigenvalue weighted by molar-refractivity contribution is 7.97. The first-order chi connectivity index (χ1) is 13.8. The zero-order valence-electron chi connectivity index (χ0n) is 15.7. The first-order valence-corrected chi connectivity index (χ1v) is 10.4. The molecule has 0 atom stereocenters. The third-order valence-corrected chi connectivity index (χ3v) is 7.00. The van der Waals surface area contributed by atoms with Crippen LogP contribution in [0.5, 0.6) is 0 Å². The predicted octanol–water partition coefficient (Wildman–Crippen LogP) is 5.65. The molecular formula is C25H21O2S+. The minimum absolute atomic E-state index is 0.219. The van der Waals surface area contributed by atoms with Crippen LogP contribution in [0.1, 0.15) is 5.56 Å². The molecule has 0 aromatic heterocycles. The summed E-state index contributed by atoms with van der Waals surface area (Å²) >= 11 is 0. The van der Waals surface area contributed by atoms with Crippen molar-refractivity contribution in [3.63, 3.8) is 0 Å². The van der Waals surface area contributed by atoms with Gasteiger partial charge in [-0.15, -0.1) is 0 Å². The number of carbonyl (C=O) groups is 1. The Bertz CT molecular complexity index is 1050. The lowest BCUT2D eigenvalue weighted by Crippen LogP contribution is -2.08. The van der Waals surface area contributed by atoms with E-state index in [1.54, 1.807) is 0 Å². The van der Waals surface area contributed by atoms with Crippen LogP contribution in [0.15, 0.2) is 112 Å². The van der Waals surface area contributed by atoms with Crippen LogP contribution in [-0.2, 0) is 26.8 Å². The van der Waals surface area contributed by atoms with E-state index in [2.05, 4.69) is 78.9 Å². The van der Waals surface area contributed by atoms with Crippen LogP contribution in [-0.4, -0.2) is 13.1 Å². The molecule has 2 nitrogen and oxygen atoms in total. The molecule has 0 saturated heterocycles. The number of hydrogen-bond acceptors (Lipinski definition) is 2. The summed E-state index contributed by atoms with van der Waals surface area (Å²) in [5.41, 5.74) is 0.996. The van der Waals surface area contributed by atoms with Gasteiger partial charge in [0.2, 0.25) is 0 Å². The third-order valence-electron chi connectivity index (χ3n) is 4.71. The minimum atomic E-state index is -0.228. The van der Waals surface area contributed by atoms with Crippen molar-refractivity contribution in [2.24, 2.45) is 0 Å². The van der Waals surface area contributed by atoms with Crippen molar-refractivity contribution in [1.29, 1.82) is 0 Å². The van der Waals surface area contributed by atoms with E-state index in [9.17, 15) is 4.79 Å². The average molecular weight is 386 g/mol. The minimum Gasteiger partial charge on any atom is -0.469 e. The number of carbonyl (C=O) groups excluding carboxylic acids is 1. The summed E-state index contributed by atoms with van der Waals surface area (Å²) in [6.07, 6.45) is 0.280. The Hall–Kier alpha value is -3.04. The fraction of sp³-hybridized carbons (Fsp3) is 0.0800. The van der Waals surface area contributed by atoms with E-state index in [1.165, 1.54) is 27.2 Å². The summed E-state index contributed by atoms with van der Waals surface area (Å²) < 4.78 is 4.88. The summed E-state index contributed by atoms with van der Waals surface area (Å²) in [4.78, 5) is 15.7. The third kappa shape index (κ3) is 3.67. The zero-order valence-corrected chi connectivity index (χ0v) is 16.5. The van der Waals surface area contributed by atoms with Gasteiger partial charge in [0.1, 0.15) is 0 Å². The van der Waals surface area contributed by atoms with Crippen LogP contribution in [0, 0.1) is 0 Å². The van der Waals surface area contributed by atoms with Crippen LogP contribution >= 0.6 is 0 Å². The fourth-order valence-electron chi connectivity index (χ4n) is 3.40. The van der Waals surface area contributed by atoms with Crippen LogP contribution < -0.4 is 0 Å². The molecule has 3 heteroatoms. The molecule has 0 bridgehead atoms. The number of hydrogen-bond donors (Lipinski definition) is 0. The Labute approximate surface area is 168 Å². The summed E-state index contributed by atoms with van der Waals surface area (Å²) in [6, 6.07) is 33.8. The topological polar surface area (TPSA) is 26.3 Å². The van der Waals surface area contributed by atoms with Gasteiger partial charge in [-0.3, -0.25) is 4.79 Å². The molecule has 4 rings (SSSR count). The van der Waals surface area contributed by atoms with Gasteiger partial charge >= 0.3 is 5.97 Å². The second-order valence-electron chi connectivity index (χ2n) is 6.45. The SMILES string of the molecule is COC(=O)Cc1ccc([S+](c2ccccc2)c2ccccc2)c2ccccc12. The second kappa shape index (κ2) is 8.32. The predicted molar refractivity (Wildman–Crippen MR) is 115 cm³/mol. The Balaban J connectivity index is 1.93. The number of fused-ring (bicyclic) bond motifs is 1. The largest absolute Gasteiger partial charge is 0.469 e. The zero-order chi connectivity index (χ0) is 19.3. The van der Waals surface area contributed by atoms with Gasteiger partial charge in [-0.2, -0.15) is 0 Å². The van der Waals surface area contributed by atoms with E-state index < -0.39 is 0 Å². The summed E-state index contributed by atoms with van der Waals surface area (Å²) in [6.45, 7) is 0. The van der Waals surface area contributed by atoms with Gasteiger partial charge in [-0.25, -0.2) is 0 Å². The van der Waals surface area contributed by atoms with E-state index in [0.717, 1.165) is 10.9 Å². The number of rotatable bonds is 5. The van der Waals surface area contributed by atoms with Gasteiger partial charge < -0.3 is 4.74 Å². The van der Waals surface area contributed by atoms with Gasteiger partial charge in [-0.05, 0) is 47.3 Å². The first-order valence-electron chi connectivity index (χ1n) is 9.20. The quantitative estimate of drug-likeness (QED) is 0.328. The van der Waals surface area contributed by atoms with E-state index >= 15 is 0 Å². The molecule has 0 aliphatic rings. The Morgan fingerprint density at radius 3 is 1.82 bits per heavy atom. The lowest BCUT2D eigenvalue weighted by atomic mass is 10.0. The molecule has 0 unspecified atom stereocenters. The highest BCUT2D eigenvalue weighted by atomic mass is 32.2. The molecule has 0 N–H and O–H groups in total. The van der Waals surface area contributed by atoms with Gasteiger partial charge in [0.25, 0.3) is 0 Å². The van der Waals surface area contributed by atoms with Crippen molar-refractivity contribution in [1.82, 2.24) is 0 Å². The molecule has 4 aromatic carbocycles. The Morgan fingerprint density at radius 2 is 1.25 bits per heavy atom. The molecule has 0 fully saturated rings. The van der Waals surface area contributed by atoms with Crippen molar-refractivity contribution in [3.8, 4) is 0 Å². The molecule has 0 aliphatic heterocycles. The molecule has 0 aliphatic carbocycles. The molecule has 138 valence electrons.